The molecule has 2 N–H and O–H groups in total. The van der Waals surface area contributed by atoms with Crippen molar-refractivity contribution in [3.05, 3.63) is 24.8 Å². The Balaban J connectivity index is 0.000000198. The summed E-state index contributed by atoms with van der Waals surface area (Å²) in [4.78, 5) is 0. The molecular formula is C28H44B2F4N4O5V. The van der Waals surface area contributed by atoms with Gasteiger partial charge in [-0.3, -0.25) is 9.78 Å². The molecule has 2 aliphatic heterocycles. The van der Waals surface area contributed by atoms with Gasteiger partial charge in [-0.1, -0.05) is 0 Å². The van der Waals surface area contributed by atoms with Crippen molar-refractivity contribution < 1.29 is 59.8 Å². The average molecular weight is 665 g/mol. The first kappa shape index (κ1) is 37.1. The summed E-state index contributed by atoms with van der Waals surface area (Å²) in [6, 6.07) is 0. The number of halogens is 4. The van der Waals surface area contributed by atoms with Crippen LogP contribution in [0, 0.1) is 11.8 Å². The van der Waals surface area contributed by atoms with E-state index in [1.807, 2.05) is 61.6 Å². The van der Waals surface area contributed by atoms with E-state index in [0.29, 0.717) is 6.54 Å². The van der Waals surface area contributed by atoms with Crippen molar-refractivity contribution >= 4 is 25.2 Å². The van der Waals surface area contributed by atoms with Gasteiger partial charge in [0.2, 0.25) is 11.8 Å². The van der Waals surface area contributed by atoms with Crippen LogP contribution in [-0.4, -0.2) is 80.2 Å². The normalized spacial score (nSPS) is 25.5. The zero-order valence-electron chi connectivity index (χ0n) is 26.7. The van der Waals surface area contributed by atoms with Gasteiger partial charge in [0.25, 0.3) is 0 Å². The van der Waals surface area contributed by atoms with Crippen molar-refractivity contribution in [2.75, 3.05) is 6.61 Å². The molecular weight excluding hydrogens is 621 g/mol. The molecule has 0 aromatic carbocycles. The molecule has 245 valence electrons. The fourth-order valence-electron chi connectivity index (χ4n) is 5.04. The first-order valence-electron chi connectivity index (χ1n) is 14.7. The SMILES string of the molecule is CC1(C)OB(c2cn[nH]c2)OC1(C)C.CC1(C)OB(c2cnn(CC3CC(F)(F)C3)c2)OC1(C)C.OCC1CC(F)(F)C1.[V]. The zero-order chi connectivity index (χ0) is 32.1. The van der Waals surface area contributed by atoms with Crippen LogP contribution >= 0.6 is 0 Å². The fourth-order valence-corrected chi connectivity index (χ4v) is 5.04. The Kier molecular flexibility index (Phi) is 11.0. The third-order valence-corrected chi connectivity index (χ3v) is 9.28. The minimum Gasteiger partial charge on any atom is -0.399 e. The van der Waals surface area contributed by atoms with Crippen LogP contribution in [0.4, 0.5) is 17.6 Å². The zero-order valence-corrected chi connectivity index (χ0v) is 28.1. The quantitative estimate of drug-likeness (QED) is 0.369. The van der Waals surface area contributed by atoms with Crippen molar-refractivity contribution in [1.29, 1.82) is 0 Å². The number of aliphatic hydroxyl groups is 1. The van der Waals surface area contributed by atoms with Crippen LogP contribution < -0.4 is 10.9 Å². The van der Waals surface area contributed by atoms with Crippen molar-refractivity contribution in [3.8, 4) is 0 Å². The van der Waals surface area contributed by atoms with Crippen LogP contribution in [0.3, 0.4) is 0 Å². The van der Waals surface area contributed by atoms with Gasteiger partial charge in [-0.2, -0.15) is 10.2 Å². The fraction of sp³-hybridized carbons (Fsp3) is 0.786. The number of hydrogen-bond donors (Lipinski definition) is 2. The summed E-state index contributed by atoms with van der Waals surface area (Å²) in [6.45, 7) is 16.6. The predicted molar refractivity (Wildman–Crippen MR) is 155 cm³/mol. The molecule has 4 fully saturated rings. The van der Waals surface area contributed by atoms with Gasteiger partial charge in [0, 0.05) is 93.1 Å². The molecule has 2 aliphatic carbocycles. The van der Waals surface area contributed by atoms with Crippen LogP contribution in [0.15, 0.2) is 24.8 Å². The Bertz CT molecular complexity index is 1180. The van der Waals surface area contributed by atoms with E-state index in [1.165, 1.54) is 0 Å². The molecule has 2 saturated carbocycles. The van der Waals surface area contributed by atoms with Crippen LogP contribution in [-0.2, 0) is 43.7 Å². The van der Waals surface area contributed by atoms with Gasteiger partial charge in [0.1, 0.15) is 0 Å². The van der Waals surface area contributed by atoms with Crippen molar-refractivity contribution in [1.82, 2.24) is 20.0 Å². The number of alkyl halides is 4. The van der Waals surface area contributed by atoms with Crippen molar-refractivity contribution in [2.45, 2.75) is 122 Å². The molecule has 0 bridgehead atoms. The number of aliphatic hydroxyl groups excluding tert-OH is 1. The maximum absolute atomic E-state index is 12.8. The van der Waals surface area contributed by atoms with Gasteiger partial charge >= 0.3 is 14.2 Å². The summed E-state index contributed by atoms with van der Waals surface area (Å²) in [5, 5.41) is 19.2. The van der Waals surface area contributed by atoms with Crippen LogP contribution in [0.25, 0.3) is 0 Å². The molecule has 4 heterocycles. The summed E-state index contributed by atoms with van der Waals surface area (Å²) in [5.41, 5.74) is 0.415. The molecule has 2 aromatic rings. The third kappa shape index (κ3) is 8.51. The molecule has 44 heavy (non-hydrogen) atoms. The number of H-pyrrole nitrogens is 1. The predicted octanol–water partition coefficient (Wildman–Crippen LogP) is 3.96. The molecule has 9 nitrogen and oxygen atoms in total. The van der Waals surface area contributed by atoms with E-state index in [2.05, 4.69) is 15.3 Å². The summed E-state index contributed by atoms with van der Waals surface area (Å²) in [5.74, 6) is -5.07. The van der Waals surface area contributed by atoms with E-state index < -0.39 is 30.2 Å². The van der Waals surface area contributed by atoms with E-state index in [9.17, 15) is 17.6 Å². The molecule has 6 rings (SSSR count). The maximum atomic E-state index is 12.8. The van der Waals surface area contributed by atoms with Gasteiger partial charge in [0.05, 0.1) is 22.4 Å². The summed E-state index contributed by atoms with van der Waals surface area (Å²) >= 11 is 0. The van der Waals surface area contributed by atoms with Crippen LogP contribution in [0.1, 0.15) is 81.1 Å². The first-order chi connectivity index (χ1) is 19.6. The molecule has 0 spiro atoms. The number of rotatable bonds is 5. The van der Waals surface area contributed by atoms with E-state index in [4.69, 9.17) is 23.7 Å². The topological polar surface area (TPSA) is 104 Å². The Hall–Kier alpha value is -1.35. The summed E-state index contributed by atoms with van der Waals surface area (Å²) in [7, 11) is -0.759. The second-order valence-corrected chi connectivity index (χ2v) is 14.1. The monoisotopic (exact) mass is 665 g/mol. The second-order valence-electron chi connectivity index (χ2n) is 14.1. The van der Waals surface area contributed by atoms with Gasteiger partial charge in [0.15, 0.2) is 0 Å². The van der Waals surface area contributed by atoms with Gasteiger partial charge in [-0.25, -0.2) is 17.6 Å². The third-order valence-electron chi connectivity index (χ3n) is 9.28. The van der Waals surface area contributed by atoms with Crippen LogP contribution in [0.2, 0.25) is 0 Å². The molecule has 2 aromatic heterocycles. The van der Waals surface area contributed by atoms with E-state index in [0.717, 1.165) is 10.9 Å². The number of nitrogens with one attached hydrogen (secondary N) is 1. The molecule has 1 radical (unpaired) electrons. The van der Waals surface area contributed by atoms with E-state index in [-0.39, 0.29) is 81.0 Å². The van der Waals surface area contributed by atoms with E-state index in [1.54, 1.807) is 23.3 Å². The van der Waals surface area contributed by atoms with Crippen molar-refractivity contribution in [3.63, 3.8) is 0 Å². The molecule has 16 heteroatoms. The number of hydrogen-bond acceptors (Lipinski definition) is 7. The average Bonchev–Trinajstić information content (AvgIpc) is 3.59. The smallest absolute Gasteiger partial charge is 0.399 e. The summed E-state index contributed by atoms with van der Waals surface area (Å²) < 4.78 is 74.7. The van der Waals surface area contributed by atoms with Gasteiger partial charge in [-0.05, 0) is 67.2 Å². The van der Waals surface area contributed by atoms with Crippen molar-refractivity contribution in [2.24, 2.45) is 11.8 Å². The minimum atomic E-state index is -2.48. The first-order valence-corrected chi connectivity index (χ1v) is 14.7. The summed E-state index contributed by atoms with van der Waals surface area (Å²) in [6.07, 6.45) is 6.71. The molecule has 0 atom stereocenters. The van der Waals surface area contributed by atoms with E-state index >= 15 is 0 Å². The van der Waals surface area contributed by atoms with Crippen LogP contribution in [0.5, 0.6) is 0 Å². The molecule has 0 unspecified atom stereocenters. The standard InChI is InChI=1S/C14H21BF2N2O2.C9H15BN2O2.C5H8F2O.V/c1-12(2)13(3,4)21-15(20-12)11-7-18-19(9-11)8-10-5-14(16,17)6-10;1-8(2)9(3,4)14-10(13-8)7-5-11-12-6-7;6-5(7)1-4(2-5)3-8;/h7,9-10H,5-6,8H2,1-4H3;5-6H,1-4H3,(H,11,12);4,8H,1-3H2;. The second kappa shape index (κ2) is 13.0. The number of aromatic nitrogens is 4. The molecule has 2 saturated heterocycles. The number of aromatic amines is 1. The van der Waals surface area contributed by atoms with Gasteiger partial charge < -0.3 is 23.7 Å². The Morgan fingerprint density at radius 1 is 0.773 bits per heavy atom. The number of nitrogens with zero attached hydrogens (tertiary/aromatic N) is 3. The molecule has 0 amide bonds. The maximum Gasteiger partial charge on any atom is 0.498 e. The Morgan fingerprint density at radius 3 is 1.57 bits per heavy atom. The molecule has 4 aliphatic rings. The Labute approximate surface area is 269 Å². The Morgan fingerprint density at radius 2 is 1.20 bits per heavy atom. The largest absolute Gasteiger partial charge is 0.498 e. The van der Waals surface area contributed by atoms with Gasteiger partial charge in [-0.15, -0.1) is 0 Å². The minimum absolute atomic E-state index is 0.